The van der Waals surface area contributed by atoms with Crippen molar-refractivity contribution in [2.45, 2.75) is 32.4 Å². The fraction of sp³-hybridized carbons (Fsp3) is 0.206. The number of nitrogens with one attached hydrogen (secondary N) is 1. The molecule has 6 rings (SSSR count). The Morgan fingerprint density at radius 1 is 0.925 bits per heavy atom. The van der Waals surface area contributed by atoms with Crippen molar-refractivity contribution in [2.24, 2.45) is 13.0 Å². The van der Waals surface area contributed by atoms with E-state index in [9.17, 15) is 9.59 Å². The van der Waals surface area contributed by atoms with Crippen LogP contribution in [-0.4, -0.2) is 32.3 Å². The number of hydrogen-bond donors (Lipinski definition) is 1. The fourth-order valence-electron chi connectivity index (χ4n) is 6.05. The largest absolute Gasteiger partial charge is 0.343 e. The highest BCUT2D eigenvalue weighted by Gasteiger charge is 2.46. The number of fused-ring (bicyclic) bond motifs is 2. The summed E-state index contributed by atoms with van der Waals surface area (Å²) >= 11 is 0. The van der Waals surface area contributed by atoms with Crippen LogP contribution in [0.1, 0.15) is 47.8 Å². The molecule has 1 aliphatic rings. The molecule has 0 bridgehead atoms. The van der Waals surface area contributed by atoms with Gasteiger partial charge in [0.25, 0.3) is 5.91 Å². The van der Waals surface area contributed by atoms with Crippen molar-refractivity contribution in [1.29, 1.82) is 0 Å². The second-order valence-electron chi connectivity index (χ2n) is 10.8. The number of rotatable bonds is 7. The number of amides is 2. The van der Waals surface area contributed by atoms with Crippen LogP contribution >= 0.6 is 0 Å². The van der Waals surface area contributed by atoms with Crippen LogP contribution in [0.5, 0.6) is 0 Å². The molecule has 200 valence electrons. The topological polar surface area (TPSA) is 67.2 Å². The van der Waals surface area contributed by atoms with Gasteiger partial charge in [-0.15, -0.1) is 0 Å². The summed E-state index contributed by atoms with van der Waals surface area (Å²) in [5.41, 5.74) is 6.38. The van der Waals surface area contributed by atoms with E-state index in [1.165, 1.54) is 0 Å². The molecule has 0 fully saturated rings. The lowest BCUT2D eigenvalue weighted by molar-refractivity contribution is -0.121. The Bertz CT molecular complexity index is 1690. The summed E-state index contributed by atoms with van der Waals surface area (Å²) in [5.74, 6) is -0.156. The van der Waals surface area contributed by atoms with E-state index in [0.717, 1.165) is 33.3 Å². The number of hydrogen-bond acceptors (Lipinski definition) is 3. The molecule has 1 aliphatic heterocycles. The number of carbonyl (C=O) groups excluding carboxylic acids is 2. The second kappa shape index (κ2) is 10.5. The SMILES string of the molecule is CC(C)CC(C(=O)Nc1cccnc1)N1C(=O)c2ccccc2C1c1c(-c2ccccc2)n(C)c2ccccc12. The average Bonchev–Trinajstić information content (AvgIpc) is 3.43. The van der Waals surface area contributed by atoms with Crippen LogP contribution in [-0.2, 0) is 11.8 Å². The standard InChI is InChI=1S/C34H32N4O2/c1-22(2)20-29(33(39)36-24-14-11-19-35-21-24)38-32(25-15-7-8-16-26(25)34(38)40)30-27-17-9-10-18-28(27)37(3)31(30)23-12-5-4-6-13-23/h4-19,21-22,29,32H,20H2,1-3H3,(H,36,39). The minimum absolute atomic E-state index is 0.125. The summed E-state index contributed by atoms with van der Waals surface area (Å²) in [4.78, 5) is 34.2. The molecule has 0 aliphatic carbocycles. The number of aryl methyl sites for hydroxylation is 1. The number of benzene rings is 3. The fourth-order valence-corrected chi connectivity index (χ4v) is 6.05. The highest BCUT2D eigenvalue weighted by atomic mass is 16.2. The zero-order valence-corrected chi connectivity index (χ0v) is 22.9. The molecule has 0 spiro atoms. The van der Waals surface area contributed by atoms with Crippen molar-refractivity contribution >= 4 is 28.4 Å². The zero-order valence-electron chi connectivity index (χ0n) is 22.9. The van der Waals surface area contributed by atoms with Gasteiger partial charge in [-0.25, -0.2) is 0 Å². The van der Waals surface area contributed by atoms with E-state index in [0.29, 0.717) is 17.7 Å². The summed E-state index contributed by atoms with van der Waals surface area (Å²) in [5, 5.41) is 4.10. The predicted molar refractivity (Wildman–Crippen MR) is 159 cm³/mol. The van der Waals surface area contributed by atoms with E-state index in [1.54, 1.807) is 18.5 Å². The van der Waals surface area contributed by atoms with Crippen LogP contribution in [0.25, 0.3) is 22.2 Å². The van der Waals surface area contributed by atoms with Crippen LogP contribution in [0.2, 0.25) is 0 Å². The van der Waals surface area contributed by atoms with Crippen molar-refractivity contribution in [3.05, 3.63) is 120 Å². The highest BCUT2D eigenvalue weighted by molar-refractivity contribution is 6.06. The van der Waals surface area contributed by atoms with Crippen molar-refractivity contribution in [3.8, 4) is 11.3 Å². The van der Waals surface area contributed by atoms with Gasteiger partial charge in [0.15, 0.2) is 0 Å². The summed E-state index contributed by atoms with van der Waals surface area (Å²) in [6, 6.07) is 28.8. The van der Waals surface area contributed by atoms with Crippen LogP contribution in [0.15, 0.2) is 103 Å². The number of aromatic nitrogens is 2. The maximum absolute atomic E-state index is 14.3. The number of nitrogens with zero attached hydrogens (tertiary/aromatic N) is 3. The van der Waals surface area contributed by atoms with Gasteiger partial charge < -0.3 is 14.8 Å². The number of anilines is 1. The lowest BCUT2D eigenvalue weighted by Crippen LogP contribution is -2.47. The summed E-state index contributed by atoms with van der Waals surface area (Å²) in [6.45, 7) is 4.17. The normalized spacial score (nSPS) is 15.4. The molecule has 40 heavy (non-hydrogen) atoms. The second-order valence-corrected chi connectivity index (χ2v) is 10.8. The first-order chi connectivity index (χ1) is 19.5. The van der Waals surface area contributed by atoms with Gasteiger partial charge >= 0.3 is 0 Å². The smallest absolute Gasteiger partial charge is 0.255 e. The molecular weight excluding hydrogens is 496 g/mol. The third kappa shape index (κ3) is 4.35. The first-order valence-electron chi connectivity index (χ1n) is 13.7. The van der Waals surface area contributed by atoms with Gasteiger partial charge in [-0.2, -0.15) is 0 Å². The van der Waals surface area contributed by atoms with Gasteiger partial charge in [-0.3, -0.25) is 14.6 Å². The minimum Gasteiger partial charge on any atom is -0.343 e. The molecule has 3 heterocycles. The van der Waals surface area contributed by atoms with Crippen molar-refractivity contribution in [1.82, 2.24) is 14.5 Å². The van der Waals surface area contributed by atoms with Crippen LogP contribution in [0.3, 0.4) is 0 Å². The molecular formula is C34H32N4O2. The van der Waals surface area contributed by atoms with Crippen LogP contribution in [0.4, 0.5) is 5.69 Å². The van der Waals surface area contributed by atoms with E-state index in [-0.39, 0.29) is 17.7 Å². The third-order valence-electron chi connectivity index (χ3n) is 7.73. The van der Waals surface area contributed by atoms with Gasteiger partial charge in [0.05, 0.1) is 23.6 Å². The number of para-hydroxylation sites is 1. The molecule has 6 heteroatoms. The Kier molecular flexibility index (Phi) is 6.68. The summed E-state index contributed by atoms with van der Waals surface area (Å²) < 4.78 is 2.21. The van der Waals surface area contributed by atoms with Crippen LogP contribution in [0, 0.1) is 5.92 Å². The zero-order chi connectivity index (χ0) is 27.8. The molecule has 6 nitrogen and oxygen atoms in total. The van der Waals surface area contributed by atoms with Gasteiger partial charge in [-0.1, -0.05) is 80.6 Å². The van der Waals surface area contributed by atoms with E-state index in [1.807, 2.05) is 65.6 Å². The van der Waals surface area contributed by atoms with Crippen molar-refractivity contribution in [3.63, 3.8) is 0 Å². The van der Waals surface area contributed by atoms with Crippen molar-refractivity contribution in [2.75, 3.05) is 5.32 Å². The monoisotopic (exact) mass is 528 g/mol. The molecule has 2 unspecified atom stereocenters. The van der Waals surface area contributed by atoms with Gasteiger partial charge in [0.1, 0.15) is 6.04 Å². The average molecular weight is 529 g/mol. The molecule has 2 aromatic heterocycles. The number of pyridine rings is 1. The van der Waals surface area contributed by atoms with E-state index < -0.39 is 12.1 Å². The molecule has 2 atom stereocenters. The molecule has 0 radical (unpaired) electrons. The minimum atomic E-state index is -0.687. The Morgan fingerprint density at radius 2 is 1.65 bits per heavy atom. The predicted octanol–water partition coefficient (Wildman–Crippen LogP) is 6.84. The Morgan fingerprint density at radius 3 is 2.40 bits per heavy atom. The van der Waals surface area contributed by atoms with Crippen molar-refractivity contribution < 1.29 is 9.59 Å². The molecule has 0 saturated carbocycles. The Labute approximate surface area is 234 Å². The summed E-state index contributed by atoms with van der Waals surface area (Å²) in [7, 11) is 2.07. The van der Waals surface area contributed by atoms with Gasteiger partial charge in [0, 0.05) is 35.3 Å². The maximum atomic E-state index is 14.3. The Hall–Kier alpha value is -4.71. The first kappa shape index (κ1) is 25.6. The van der Waals surface area contributed by atoms with E-state index >= 15 is 0 Å². The van der Waals surface area contributed by atoms with E-state index in [4.69, 9.17) is 0 Å². The maximum Gasteiger partial charge on any atom is 0.255 e. The highest BCUT2D eigenvalue weighted by Crippen LogP contribution is 2.47. The molecule has 3 aromatic carbocycles. The number of carbonyl (C=O) groups is 2. The van der Waals surface area contributed by atoms with Gasteiger partial charge in [-0.05, 0) is 47.7 Å². The Balaban J connectivity index is 1.59. The molecule has 2 amide bonds. The molecule has 0 saturated heterocycles. The molecule has 5 aromatic rings. The first-order valence-corrected chi connectivity index (χ1v) is 13.7. The quantitative estimate of drug-likeness (QED) is 0.252. The lowest BCUT2D eigenvalue weighted by Gasteiger charge is -2.34. The third-order valence-corrected chi connectivity index (χ3v) is 7.73. The summed E-state index contributed by atoms with van der Waals surface area (Å²) in [6.07, 6.45) is 3.82. The van der Waals surface area contributed by atoms with Crippen LogP contribution < -0.4 is 5.32 Å². The van der Waals surface area contributed by atoms with E-state index in [2.05, 4.69) is 60.0 Å². The molecule has 1 N–H and O–H groups in total. The lowest BCUT2D eigenvalue weighted by atomic mass is 9.91. The van der Waals surface area contributed by atoms with Gasteiger partial charge in [0.2, 0.25) is 5.91 Å².